The van der Waals surface area contributed by atoms with E-state index in [0.717, 1.165) is 0 Å². The van der Waals surface area contributed by atoms with Gasteiger partial charge in [-0.2, -0.15) is 0 Å². The van der Waals surface area contributed by atoms with Crippen molar-refractivity contribution in [2.45, 2.75) is 0 Å². The highest BCUT2D eigenvalue weighted by molar-refractivity contribution is 6.35. The molecule has 0 aromatic heterocycles. The van der Waals surface area contributed by atoms with Crippen LogP contribution in [0.1, 0.15) is 0 Å². The van der Waals surface area contributed by atoms with Crippen molar-refractivity contribution in [2.75, 3.05) is 7.11 Å². The molecular formula is C13H9Cl3O2. The lowest BCUT2D eigenvalue weighted by atomic mass is 10.3. The maximum atomic E-state index is 6.03. The highest BCUT2D eigenvalue weighted by atomic mass is 35.5. The van der Waals surface area contributed by atoms with Crippen molar-refractivity contribution in [1.29, 1.82) is 0 Å². The van der Waals surface area contributed by atoms with Crippen LogP contribution in [0.4, 0.5) is 0 Å². The lowest BCUT2D eigenvalue weighted by molar-refractivity contribution is 0.379. The van der Waals surface area contributed by atoms with Crippen molar-refractivity contribution in [1.82, 2.24) is 0 Å². The fraction of sp³-hybridized carbons (Fsp3) is 0.0769. The second-order valence-corrected chi connectivity index (χ2v) is 4.75. The zero-order valence-corrected chi connectivity index (χ0v) is 11.7. The first-order valence-electron chi connectivity index (χ1n) is 5.06. The summed E-state index contributed by atoms with van der Waals surface area (Å²) in [6.45, 7) is 0. The minimum atomic E-state index is 0.430. The van der Waals surface area contributed by atoms with Gasteiger partial charge in [0.25, 0.3) is 0 Å². The number of ether oxygens (including phenoxy) is 2. The SMILES string of the molecule is COc1cc(Cl)ccc1Oc1ccc(Cl)cc1Cl. The third-order valence-corrected chi connectivity index (χ3v) is 3.01. The predicted molar refractivity (Wildman–Crippen MR) is 74.5 cm³/mol. The van der Waals surface area contributed by atoms with Crippen molar-refractivity contribution in [3.05, 3.63) is 51.5 Å². The quantitative estimate of drug-likeness (QED) is 0.751. The van der Waals surface area contributed by atoms with E-state index in [2.05, 4.69) is 0 Å². The molecule has 0 amide bonds. The molecule has 2 aromatic carbocycles. The van der Waals surface area contributed by atoms with E-state index in [1.54, 1.807) is 43.5 Å². The van der Waals surface area contributed by atoms with Crippen LogP contribution in [0.25, 0.3) is 0 Å². The second kappa shape index (κ2) is 5.70. The smallest absolute Gasteiger partial charge is 0.169 e. The van der Waals surface area contributed by atoms with E-state index in [0.29, 0.717) is 32.3 Å². The van der Waals surface area contributed by atoms with Crippen LogP contribution < -0.4 is 9.47 Å². The van der Waals surface area contributed by atoms with Crippen molar-refractivity contribution in [2.24, 2.45) is 0 Å². The van der Waals surface area contributed by atoms with Gasteiger partial charge in [-0.1, -0.05) is 34.8 Å². The summed E-state index contributed by atoms with van der Waals surface area (Å²) in [7, 11) is 1.54. The van der Waals surface area contributed by atoms with Gasteiger partial charge in [0, 0.05) is 16.1 Å². The summed E-state index contributed by atoms with van der Waals surface area (Å²) in [6.07, 6.45) is 0. The van der Waals surface area contributed by atoms with Crippen LogP contribution >= 0.6 is 34.8 Å². The van der Waals surface area contributed by atoms with E-state index >= 15 is 0 Å². The number of benzene rings is 2. The van der Waals surface area contributed by atoms with Crippen LogP contribution in [0.2, 0.25) is 15.1 Å². The Morgan fingerprint density at radius 1 is 0.778 bits per heavy atom. The Morgan fingerprint density at radius 2 is 1.39 bits per heavy atom. The lowest BCUT2D eigenvalue weighted by Gasteiger charge is -2.11. The molecule has 0 heterocycles. The van der Waals surface area contributed by atoms with Gasteiger partial charge in [0.05, 0.1) is 12.1 Å². The molecule has 5 heteroatoms. The van der Waals surface area contributed by atoms with Gasteiger partial charge >= 0.3 is 0 Å². The molecule has 2 aromatic rings. The van der Waals surface area contributed by atoms with Crippen LogP contribution in [0.15, 0.2) is 36.4 Å². The second-order valence-electron chi connectivity index (χ2n) is 3.47. The van der Waals surface area contributed by atoms with Crippen molar-refractivity contribution < 1.29 is 9.47 Å². The Balaban J connectivity index is 2.33. The van der Waals surface area contributed by atoms with E-state index in [9.17, 15) is 0 Å². The number of hydrogen-bond donors (Lipinski definition) is 0. The molecule has 18 heavy (non-hydrogen) atoms. The predicted octanol–water partition coefficient (Wildman–Crippen LogP) is 5.45. The molecule has 0 aliphatic heterocycles. The third-order valence-electron chi connectivity index (χ3n) is 2.24. The van der Waals surface area contributed by atoms with Gasteiger partial charge in [-0.3, -0.25) is 0 Å². The van der Waals surface area contributed by atoms with Gasteiger partial charge in [-0.25, -0.2) is 0 Å². The summed E-state index contributed by atoms with van der Waals surface area (Å²) in [6, 6.07) is 10.1. The summed E-state index contributed by atoms with van der Waals surface area (Å²) in [4.78, 5) is 0. The number of rotatable bonds is 3. The molecule has 0 aliphatic carbocycles. The van der Waals surface area contributed by atoms with Gasteiger partial charge < -0.3 is 9.47 Å². The van der Waals surface area contributed by atoms with Crippen LogP contribution in [0.3, 0.4) is 0 Å². The topological polar surface area (TPSA) is 18.5 Å². The molecule has 0 radical (unpaired) electrons. The molecule has 0 fully saturated rings. The summed E-state index contributed by atoms with van der Waals surface area (Å²) in [5.41, 5.74) is 0. The van der Waals surface area contributed by atoms with Crippen LogP contribution in [0.5, 0.6) is 17.2 Å². The largest absolute Gasteiger partial charge is 0.493 e. The normalized spacial score (nSPS) is 10.2. The first-order chi connectivity index (χ1) is 8.60. The Bertz CT molecular complexity index is 570. The van der Waals surface area contributed by atoms with Gasteiger partial charge in [-0.15, -0.1) is 0 Å². The maximum Gasteiger partial charge on any atom is 0.169 e. The molecule has 0 saturated carbocycles. The fourth-order valence-corrected chi connectivity index (χ4v) is 2.01. The Labute approximate surface area is 120 Å². The zero-order chi connectivity index (χ0) is 13.1. The Morgan fingerprint density at radius 3 is 2.00 bits per heavy atom. The molecule has 0 N–H and O–H groups in total. The fourth-order valence-electron chi connectivity index (χ4n) is 1.40. The minimum absolute atomic E-state index is 0.430. The molecule has 2 nitrogen and oxygen atoms in total. The lowest BCUT2D eigenvalue weighted by Crippen LogP contribution is -1.90. The highest BCUT2D eigenvalue weighted by Crippen LogP contribution is 2.37. The van der Waals surface area contributed by atoms with Gasteiger partial charge in [-0.05, 0) is 30.3 Å². The van der Waals surface area contributed by atoms with Crippen molar-refractivity contribution >= 4 is 34.8 Å². The van der Waals surface area contributed by atoms with E-state index in [1.807, 2.05) is 0 Å². The van der Waals surface area contributed by atoms with E-state index in [4.69, 9.17) is 44.3 Å². The van der Waals surface area contributed by atoms with Gasteiger partial charge in [0.2, 0.25) is 0 Å². The molecule has 0 bridgehead atoms. The third kappa shape index (κ3) is 3.02. The van der Waals surface area contributed by atoms with Crippen molar-refractivity contribution in [3.8, 4) is 17.2 Å². The van der Waals surface area contributed by atoms with Crippen molar-refractivity contribution in [3.63, 3.8) is 0 Å². The van der Waals surface area contributed by atoms with Crippen LogP contribution in [0, 0.1) is 0 Å². The first-order valence-corrected chi connectivity index (χ1v) is 6.20. The summed E-state index contributed by atoms with van der Waals surface area (Å²) < 4.78 is 10.9. The molecule has 94 valence electrons. The number of methoxy groups -OCH3 is 1. The molecule has 0 aliphatic rings. The Kier molecular flexibility index (Phi) is 4.23. The van der Waals surface area contributed by atoms with Gasteiger partial charge in [0.15, 0.2) is 11.5 Å². The van der Waals surface area contributed by atoms with E-state index in [1.165, 1.54) is 0 Å². The number of halogens is 3. The van der Waals surface area contributed by atoms with Crippen LogP contribution in [-0.4, -0.2) is 7.11 Å². The Hall–Kier alpha value is -1.09. The molecule has 0 atom stereocenters. The summed E-state index contributed by atoms with van der Waals surface area (Å²) in [5, 5.41) is 1.55. The van der Waals surface area contributed by atoms with Crippen LogP contribution in [-0.2, 0) is 0 Å². The summed E-state index contributed by atoms with van der Waals surface area (Å²) in [5.74, 6) is 1.57. The maximum absolute atomic E-state index is 6.03. The molecule has 0 unspecified atom stereocenters. The van der Waals surface area contributed by atoms with Gasteiger partial charge in [0.1, 0.15) is 5.75 Å². The molecule has 0 spiro atoms. The minimum Gasteiger partial charge on any atom is -0.493 e. The van der Waals surface area contributed by atoms with E-state index in [-0.39, 0.29) is 0 Å². The molecular weight excluding hydrogens is 294 g/mol. The van der Waals surface area contributed by atoms with E-state index < -0.39 is 0 Å². The molecule has 0 saturated heterocycles. The standard InChI is InChI=1S/C13H9Cl3O2/c1-17-13-7-9(15)3-5-12(13)18-11-4-2-8(14)6-10(11)16/h2-7H,1H3. The zero-order valence-electron chi connectivity index (χ0n) is 9.41. The number of hydrogen-bond acceptors (Lipinski definition) is 2. The molecule has 2 rings (SSSR count). The highest BCUT2D eigenvalue weighted by Gasteiger charge is 2.09. The first kappa shape index (κ1) is 13.3. The average Bonchev–Trinajstić information content (AvgIpc) is 2.34. The average molecular weight is 304 g/mol. The summed E-state index contributed by atoms with van der Waals surface area (Å²) >= 11 is 17.7. The monoisotopic (exact) mass is 302 g/mol.